The van der Waals surface area contributed by atoms with E-state index in [1.54, 1.807) is 43.4 Å². The maximum Gasteiger partial charge on any atom is 0.293 e. The predicted molar refractivity (Wildman–Crippen MR) is 84.1 cm³/mol. The molecule has 0 saturated carbocycles. The molecule has 2 amide bonds. The van der Waals surface area contributed by atoms with Gasteiger partial charge in [-0.15, -0.1) is 0 Å². The molecule has 22 heavy (non-hydrogen) atoms. The Morgan fingerprint density at radius 3 is 2.59 bits per heavy atom. The van der Waals surface area contributed by atoms with Crippen LogP contribution >= 0.6 is 0 Å². The molecule has 0 aliphatic heterocycles. The lowest BCUT2D eigenvalue weighted by atomic mass is 10.1. The van der Waals surface area contributed by atoms with E-state index >= 15 is 0 Å². The summed E-state index contributed by atoms with van der Waals surface area (Å²) in [6.07, 6.45) is 1.44. The topological polar surface area (TPSA) is 74.6 Å². The second-order valence-electron chi connectivity index (χ2n) is 4.72. The maximum atomic E-state index is 12.3. The number of nitrogens with zero attached hydrogens (tertiary/aromatic N) is 1. The van der Waals surface area contributed by atoms with Gasteiger partial charge in [-0.3, -0.25) is 9.59 Å². The van der Waals surface area contributed by atoms with Crippen LogP contribution in [0.1, 0.15) is 20.9 Å². The van der Waals surface area contributed by atoms with Gasteiger partial charge in [0.05, 0.1) is 17.5 Å². The smallest absolute Gasteiger partial charge is 0.293 e. The van der Waals surface area contributed by atoms with Gasteiger partial charge < -0.3 is 20.0 Å². The summed E-state index contributed by atoms with van der Waals surface area (Å²) in [5.41, 5.74) is 0.979. The molecule has 0 radical (unpaired) electrons. The van der Waals surface area contributed by atoms with Crippen molar-refractivity contribution in [1.29, 1.82) is 0 Å². The van der Waals surface area contributed by atoms with Gasteiger partial charge >= 0.3 is 0 Å². The molecule has 2 aromatic rings. The van der Waals surface area contributed by atoms with Gasteiger partial charge in [-0.1, -0.05) is 12.1 Å². The second-order valence-corrected chi connectivity index (χ2v) is 4.72. The van der Waals surface area contributed by atoms with Crippen LogP contribution in [-0.4, -0.2) is 39.0 Å². The van der Waals surface area contributed by atoms with Crippen molar-refractivity contribution in [3.63, 3.8) is 0 Å². The van der Waals surface area contributed by atoms with Crippen LogP contribution in [0.4, 0.5) is 5.69 Å². The van der Waals surface area contributed by atoms with Crippen molar-refractivity contribution in [3.05, 3.63) is 54.0 Å². The number of hydrogen-bond acceptors (Lipinski definition) is 4. The number of hydrogen-bond donors (Lipinski definition) is 2. The number of rotatable bonds is 6. The fraction of sp³-hybridized carbons (Fsp3) is 0.250. The summed E-state index contributed by atoms with van der Waals surface area (Å²) < 4.78 is 5.12. The maximum absolute atomic E-state index is 12.3. The molecule has 0 aliphatic carbocycles. The first kappa shape index (κ1) is 15.8. The van der Waals surface area contributed by atoms with Crippen molar-refractivity contribution in [1.82, 2.24) is 10.6 Å². The molecule has 0 unspecified atom stereocenters. The minimum absolute atomic E-state index is 0.218. The molecule has 0 spiro atoms. The van der Waals surface area contributed by atoms with E-state index in [9.17, 15) is 9.59 Å². The molecule has 0 saturated heterocycles. The first-order valence-electron chi connectivity index (χ1n) is 6.98. The van der Waals surface area contributed by atoms with Gasteiger partial charge in [0.25, 0.3) is 11.8 Å². The highest BCUT2D eigenvalue weighted by Crippen LogP contribution is 2.21. The Morgan fingerprint density at radius 1 is 1.14 bits per heavy atom. The average molecular weight is 301 g/mol. The quantitative estimate of drug-likeness (QED) is 0.793. The van der Waals surface area contributed by atoms with Gasteiger partial charge in [0.15, 0.2) is 5.76 Å². The molecule has 1 heterocycles. The van der Waals surface area contributed by atoms with E-state index in [1.165, 1.54) is 11.2 Å². The highest BCUT2D eigenvalue weighted by atomic mass is 16.3. The van der Waals surface area contributed by atoms with E-state index in [4.69, 9.17) is 4.42 Å². The lowest BCUT2D eigenvalue weighted by Crippen LogP contribution is -2.33. The van der Waals surface area contributed by atoms with E-state index in [-0.39, 0.29) is 17.6 Å². The Labute approximate surface area is 129 Å². The molecule has 2 rings (SSSR count). The molecule has 1 aromatic heterocycles. The molecule has 6 nitrogen and oxygen atoms in total. The van der Waals surface area contributed by atoms with E-state index in [2.05, 4.69) is 10.6 Å². The van der Waals surface area contributed by atoms with Crippen molar-refractivity contribution < 1.29 is 14.0 Å². The monoisotopic (exact) mass is 301 g/mol. The van der Waals surface area contributed by atoms with Gasteiger partial charge in [0.1, 0.15) is 0 Å². The lowest BCUT2D eigenvalue weighted by Gasteiger charge is -2.19. The Kier molecular flexibility index (Phi) is 5.32. The number of benzene rings is 1. The highest BCUT2D eigenvalue weighted by molar-refractivity contribution is 6.09. The third-order valence-corrected chi connectivity index (χ3v) is 3.21. The number of para-hydroxylation sites is 1. The first-order valence-corrected chi connectivity index (χ1v) is 6.98. The molecule has 1 aromatic carbocycles. The first-order chi connectivity index (χ1) is 10.6. The Bertz CT molecular complexity index is 638. The summed E-state index contributed by atoms with van der Waals surface area (Å²) >= 11 is 0. The number of amides is 2. The number of likely N-dealkylation sites (N-methyl/N-ethyl adjacent to an activating group) is 1. The van der Waals surface area contributed by atoms with Crippen molar-refractivity contribution >= 4 is 17.5 Å². The van der Waals surface area contributed by atoms with Gasteiger partial charge in [-0.25, -0.2) is 0 Å². The number of nitrogens with one attached hydrogen (secondary N) is 2. The minimum Gasteiger partial charge on any atom is -0.459 e. The van der Waals surface area contributed by atoms with Gasteiger partial charge in [0, 0.05) is 20.1 Å². The second kappa shape index (κ2) is 7.42. The van der Waals surface area contributed by atoms with Crippen LogP contribution in [0, 0.1) is 0 Å². The zero-order valence-electron chi connectivity index (χ0n) is 12.6. The molecule has 0 bridgehead atoms. The van der Waals surface area contributed by atoms with Crippen molar-refractivity contribution in [2.75, 3.05) is 32.1 Å². The highest BCUT2D eigenvalue weighted by Gasteiger charge is 2.20. The number of anilines is 1. The zero-order chi connectivity index (χ0) is 15.9. The number of carbonyl (C=O) groups excluding carboxylic acids is 2. The molecular formula is C16H19N3O3. The Hall–Kier alpha value is -2.60. The summed E-state index contributed by atoms with van der Waals surface area (Å²) in [4.78, 5) is 26.0. The molecule has 6 heteroatoms. The van der Waals surface area contributed by atoms with E-state index in [1.807, 2.05) is 7.05 Å². The van der Waals surface area contributed by atoms with Crippen LogP contribution < -0.4 is 15.5 Å². The average Bonchev–Trinajstić information content (AvgIpc) is 3.08. The molecule has 0 atom stereocenters. The van der Waals surface area contributed by atoms with Gasteiger partial charge in [-0.05, 0) is 31.3 Å². The normalized spacial score (nSPS) is 10.3. The summed E-state index contributed by atoms with van der Waals surface area (Å²) in [6, 6.07) is 10.2. The molecule has 0 fully saturated rings. The lowest BCUT2D eigenvalue weighted by molar-refractivity contribution is 0.0954. The number of furan rings is 1. The van der Waals surface area contributed by atoms with Gasteiger partial charge in [-0.2, -0.15) is 0 Å². The van der Waals surface area contributed by atoms with Crippen LogP contribution in [0.3, 0.4) is 0 Å². The minimum atomic E-state index is -0.305. The fourth-order valence-electron chi connectivity index (χ4n) is 2.03. The summed E-state index contributed by atoms with van der Waals surface area (Å²) in [6.45, 7) is 1.19. The molecule has 0 aliphatic rings. The third-order valence-electron chi connectivity index (χ3n) is 3.21. The van der Waals surface area contributed by atoms with E-state index in [0.717, 1.165) is 0 Å². The van der Waals surface area contributed by atoms with Crippen LogP contribution in [0.15, 0.2) is 47.1 Å². The SMILES string of the molecule is CNCCNC(=O)c1ccccc1N(C)C(=O)c1ccco1. The van der Waals surface area contributed by atoms with Crippen LogP contribution in [-0.2, 0) is 0 Å². The largest absolute Gasteiger partial charge is 0.459 e. The Balaban J connectivity index is 2.20. The van der Waals surface area contributed by atoms with Crippen molar-refractivity contribution in [2.24, 2.45) is 0 Å². The fourth-order valence-corrected chi connectivity index (χ4v) is 2.03. The standard InChI is InChI=1S/C16H19N3O3/c1-17-9-10-18-15(20)12-6-3-4-7-13(12)19(2)16(21)14-8-5-11-22-14/h3-8,11,17H,9-10H2,1-2H3,(H,18,20). The third kappa shape index (κ3) is 3.53. The zero-order valence-corrected chi connectivity index (χ0v) is 12.6. The van der Waals surface area contributed by atoms with Gasteiger partial charge in [0.2, 0.25) is 0 Å². The summed E-state index contributed by atoms with van der Waals surface area (Å²) in [7, 11) is 3.43. The van der Waals surface area contributed by atoms with E-state index in [0.29, 0.717) is 24.3 Å². The predicted octanol–water partition coefficient (Wildman–Crippen LogP) is 1.51. The van der Waals surface area contributed by atoms with Crippen molar-refractivity contribution in [2.45, 2.75) is 0 Å². The Morgan fingerprint density at radius 2 is 1.91 bits per heavy atom. The molecular weight excluding hydrogens is 282 g/mol. The van der Waals surface area contributed by atoms with Crippen molar-refractivity contribution in [3.8, 4) is 0 Å². The number of carbonyl (C=O) groups is 2. The molecule has 116 valence electrons. The van der Waals surface area contributed by atoms with E-state index < -0.39 is 0 Å². The summed E-state index contributed by atoms with van der Waals surface area (Å²) in [5, 5.41) is 5.76. The van der Waals surface area contributed by atoms with Crippen LogP contribution in [0.5, 0.6) is 0 Å². The van der Waals surface area contributed by atoms with Crippen LogP contribution in [0.2, 0.25) is 0 Å². The molecule has 2 N–H and O–H groups in total. The van der Waals surface area contributed by atoms with Crippen LogP contribution in [0.25, 0.3) is 0 Å². The summed E-state index contributed by atoms with van der Waals surface area (Å²) in [5.74, 6) is -0.293.